The van der Waals surface area contributed by atoms with E-state index in [2.05, 4.69) is 9.71 Å². The number of carbonyl (C=O) groups excluding carboxylic acids is 2. The molecule has 1 aromatic heterocycles. The summed E-state index contributed by atoms with van der Waals surface area (Å²) < 4.78 is 22.2. The van der Waals surface area contributed by atoms with Crippen LogP contribution in [0, 0.1) is 6.92 Å². The molecule has 1 aliphatic heterocycles. The molecule has 0 radical (unpaired) electrons. The van der Waals surface area contributed by atoms with E-state index in [1.165, 1.54) is 12.4 Å². The van der Waals surface area contributed by atoms with Gasteiger partial charge in [-0.05, 0) is 36.8 Å². The normalized spacial score (nSPS) is 15.2. The molecule has 1 aliphatic rings. The van der Waals surface area contributed by atoms with E-state index >= 15 is 0 Å². The lowest BCUT2D eigenvalue weighted by Gasteiger charge is -2.35. The zero-order valence-corrected chi connectivity index (χ0v) is 16.7. The third-order valence-corrected chi connectivity index (χ3v) is 5.08. The van der Waals surface area contributed by atoms with Crippen LogP contribution in [-0.2, 0) is 11.3 Å². The monoisotopic (exact) mass is 422 g/mol. The van der Waals surface area contributed by atoms with E-state index in [0.717, 1.165) is 0 Å². The molecule has 1 fully saturated rings. The molecule has 148 valence electrons. The molecule has 1 aromatic carbocycles. The summed E-state index contributed by atoms with van der Waals surface area (Å²) in [6, 6.07) is 6.46. The summed E-state index contributed by atoms with van der Waals surface area (Å²) in [5.41, 5.74) is 2.09. The van der Waals surface area contributed by atoms with Crippen molar-refractivity contribution in [1.29, 1.82) is 0 Å². The minimum Gasteiger partial charge on any atom is -0.335 e. The van der Waals surface area contributed by atoms with Crippen LogP contribution in [0.4, 0.5) is 5.69 Å². The fourth-order valence-corrected chi connectivity index (χ4v) is 3.60. The molecule has 2 N–H and O–H groups in total. The Hall–Kier alpha value is -2.49. The van der Waals surface area contributed by atoms with Gasteiger partial charge in [-0.3, -0.25) is 23.8 Å². The van der Waals surface area contributed by atoms with Crippen molar-refractivity contribution in [1.82, 2.24) is 14.8 Å². The van der Waals surface area contributed by atoms with Gasteiger partial charge >= 0.3 is 0 Å². The number of pyridine rings is 1. The molecule has 10 heteroatoms. The van der Waals surface area contributed by atoms with Crippen molar-refractivity contribution >= 4 is 40.4 Å². The Morgan fingerprint density at radius 2 is 1.68 bits per heavy atom. The first-order valence-electron chi connectivity index (χ1n) is 8.52. The maximum absolute atomic E-state index is 12.7. The van der Waals surface area contributed by atoms with Crippen LogP contribution >= 0.6 is 11.6 Å². The highest BCUT2D eigenvalue weighted by Gasteiger charge is 2.26. The molecule has 1 atom stereocenters. The van der Waals surface area contributed by atoms with Crippen LogP contribution in [0.2, 0.25) is 5.02 Å². The maximum Gasteiger partial charge on any atom is 0.259 e. The standard InChI is InChI=1S/C18H19ClN4O4S/c1-12-8-13(2-3-16(12)21-28(26)27)17(24)22-4-6-23(7-5-22)18(25)14-9-15(19)11-20-10-14/h2-3,8-11,21H,4-7H2,1H3,(H,26,27). The Kier molecular flexibility index (Phi) is 6.28. The number of carbonyl (C=O) groups is 2. The number of rotatable bonds is 4. The summed E-state index contributed by atoms with van der Waals surface area (Å²) in [5, 5.41) is 0.401. The van der Waals surface area contributed by atoms with Gasteiger partial charge in [0.1, 0.15) is 0 Å². The molecular formula is C18H19ClN4O4S. The highest BCUT2D eigenvalue weighted by molar-refractivity contribution is 7.80. The van der Waals surface area contributed by atoms with Gasteiger partial charge in [0.05, 0.1) is 16.3 Å². The van der Waals surface area contributed by atoms with Crippen molar-refractivity contribution in [2.45, 2.75) is 6.92 Å². The van der Waals surface area contributed by atoms with Crippen LogP contribution in [0.5, 0.6) is 0 Å². The average molecular weight is 423 g/mol. The molecule has 1 unspecified atom stereocenters. The Labute approximate surface area is 169 Å². The fraction of sp³-hybridized carbons (Fsp3) is 0.278. The molecular weight excluding hydrogens is 404 g/mol. The highest BCUT2D eigenvalue weighted by Crippen LogP contribution is 2.19. The van der Waals surface area contributed by atoms with Crippen molar-refractivity contribution in [2.24, 2.45) is 0 Å². The van der Waals surface area contributed by atoms with Crippen LogP contribution in [0.1, 0.15) is 26.3 Å². The van der Waals surface area contributed by atoms with Gasteiger partial charge in [0.2, 0.25) is 0 Å². The minimum atomic E-state index is -2.17. The molecule has 0 saturated carbocycles. The van der Waals surface area contributed by atoms with E-state index in [9.17, 15) is 13.8 Å². The third-order valence-electron chi connectivity index (χ3n) is 4.48. The molecule has 2 amide bonds. The van der Waals surface area contributed by atoms with Gasteiger partial charge in [0.15, 0.2) is 0 Å². The van der Waals surface area contributed by atoms with E-state index in [1.807, 2.05) is 0 Å². The van der Waals surface area contributed by atoms with Crippen LogP contribution in [0.25, 0.3) is 0 Å². The number of hydrogen-bond acceptors (Lipinski definition) is 4. The lowest BCUT2D eigenvalue weighted by atomic mass is 10.1. The summed E-state index contributed by atoms with van der Waals surface area (Å²) in [5.74, 6) is -0.304. The predicted octanol–water partition coefficient (Wildman–Crippen LogP) is 2.19. The van der Waals surface area contributed by atoms with Crippen molar-refractivity contribution in [3.05, 3.63) is 58.4 Å². The first-order chi connectivity index (χ1) is 13.3. The lowest BCUT2D eigenvalue weighted by molar-refractivity contribution is 0.0535. The van der Waals surface area contributed by atoms with Crippen LogP contribution in [0.15, 0.2) is 36.7 Å². The number of nitrogens with one attached hydrogen (secondary N) is 1. The Morgan fingerprint density at radius 3 is 2.21 bits per heavy atom. The van der Waals surface area contributed by atoms with Gasteiger partial charge < -0.3 is 9.80 Å². The van der Waals surface area contributed by atoms with Crippen LogP contribution < -0.4 is 4.72 Å². The van der Waals surface area contributed by atoms with E-state index in [-0.39, 0.29) is 11.8 Å². The number of benzene rings is 1. The zero-order chi connectivity index (χ0) is 20.3. The highest BCUT2D eigenvalue weighted by atomic mass is 35.5. The van der Waals surface area contributed by atoms with Gasteiger partial charge in [-0.15, -0.1) is 0 Å². The molecule has 2 aromatic rings. The van der Waals surface area contributed by atoms with Crippen molar-refractivity contribution in [2.75, 3.05) is 30.9 Å². The number of anilines is 1. The predicted molar refractivity (Wildman–Crippen MR) is 107 cm³/mol. The summed E-state index contributed by atoms with van der Waals surface area (Å²) in [6.45, 7) is 3.41. The Balaban J connectivity index is 1.63. The number of aromatic nitrogens is 1. The number of piperazine rings is 1. The van der Waals surface area contributed by atoms with Crippen molar-refractivity contribution in [3.8, 4) is 0 Å². The number of amides is 2. The van der Waals surface area contributed by atoms with Gasteiger partial charge in [-0.2, -0.15) is 0 Å². The molecule has 3 rings (SSSR count). The fourth-order valence-electron chi connectivity index (χ4n) is 3.01. The third kappa shape index (κ3) is 4.67. The number of nitrogens with zero attached hydrogens (tertiary/aromatic N) is 3. The Morgan fingerprint density at radius 1 is 1.07 bits per heavy atom. The SMILES string of the molecule is Cc1cc(C(=O)N2CCN(C(=O)c3cncc(Cl)c3)CC2)ccc1NS(=O)O. The molecule has 1 saturated heterocycles. The van der Waals surface area contributed by atoms with E-state index in [0.29, 0.717) is 53.6 Å². The first-order valence-corrected chi connectivity index (χ1v) is 10.0. The van der Waals surface area contributed by atoms with E-state index in [1.54, 1.807) is 41.0 Å². The van der Waals surface area contributed by atoms with Crippen molar-refractivity contribution < 1.29 is 18.4 Å². The smallest absolute Gasteiger partial charge is 0.259 e. The topological polar surface area (TPSA) is 103 Å². The molecule has 8 nitrogen and oxygen atoms in total. The number of halogens is 1. The average Bonchev–Trinajstić information content (AvgIpc) is 2.68. The molecule has 0 aliphatic carbocycles. The molecule has 2 heterocycles. The maximum atomic E-state index is 12.7. The second kappa shape index (κ2) is 8.68. The number of hydrogen-bond donors (Lipinski definition) is 2. The number of aryl methyl sites for hydroxylation is 1. The second-order valence-electron chi connectivity index (χ2n) is 6.36. The summed E-state index contributed by atoms with van der Waals surface area (Å²) in [7, 11) is 0. The molecule has 0 spiro atoms. The van der Waals surface area contributed by atoms with Gasteiger partial charge in [0.25, 0.3) is 23.1 Å². The second-order valence-corrected chi connectivity index (χ2v) is 7.50. The molecule has 28 heavy (non-hydrogen) atoms. The quantitative estimate of drug-likeness (QED) is 0.735. The van der Waals surface area contributed by atoms with Gasteiger partial charge in [-0.1, -0.05) is 11.6 Å². The lowest BCUT2D eigenvalue weighted by Crippen LogP contribution is -2.50. The van der Waals surface area contributed by atoms with Crippen molar-refractivity contribution in [3.63, 3.8) is 0 Å². The Bertz CT molecular complexity index is 932. The van der Waals surface area contributed by atoms with Gasteiger partial charge in [0, 0.05) is 44.1 Å². The largest absolute Gasteiger partial charge is 0.335 e. The summed E-state index contributed by atoms with van der Waals surface area (Å²) in [4.78, 5) is 32.6. The summed E-state index contributed by atoms with van der Waals surface area (Å²) >= 11 is 3.72. The van der Waals surface area contributed by atoms with Gasteiger partial charge in [-0.25, -0.2) is 4.21 Å². The minimum absolute atomic E-state index is 0.142. The summed E-state index contributed by atoms with van der Waals surface area (Å²) in [6.07, 6.45) is 2.94. The van der Waals surface area contributed by atoms with Crippen LogP contribution in [0.3, 0.4) is 0 Å². The van der Waals surface area contributed by atoms with Crippen LogP contribution in [-0.4, -0.2) is 61.5 Å². The first kappa shape index (κ1) is 20.2. The molecule has 0 bridgehead atoms. The van der Waals surface area contributed by atoms with E-state index in [4.69, 9.17) is 16.2 Å². The zero-order valence-electron chi connectivity index (χ0n) is 15.1. The van der Waals surface area contributed by atoms with E-state index < -0.39 is 11.3 Å².